The number of Topliss-reactive ketones (excluding diaryl/α,β-unsaturated/α-hetero) is 1. The predicted molar refractivity (Wildman–Crippen MR) is 92.2 cm³/mol. The van der Waals surface area contributed by atoms with Crippen molar-refractivity contribution in [2.75, 3.05) is 13.1 Å². The van der Waals surface area contributed by atoms with Crippen LogP contribution in [0.15, 0.2) is 0 Å². The van der Waals surface area contributed by atoms with Crippen LogP contribution in [0.3, 0.4) is 0 Å². The van der Waals surface area contributed by atoms with E-state index in [1.54, 1.807) is 6.92 Å². The Bertz CT molecular complexity index is 657. The summed E-state index contributed by atoms with van der Waals surface area (Å²) in [6.45, 7) is 8.04. The first-order valence-corrected chi connectivity index (χ1v) is 8.65. The number of H-pyrrole nitrogens is 1. The second kappa shape index (κ2) is 7.20. The third-order valence-electron chi connectivity index (χ3n) is 4.94. The van der Waals surface area contributed by atoms with Gasteiger partial charge in [-0.3, -0.25) is 14.4 Å². The summed E-state index contributed by atoms with van der Waals surface area (Å²) in [5, 5.41) is 5.75. The molecule has 0 saturated heterocycles. The number of rotatable bonds is 7. The van der Waals surface area contributed by atoms with Gasteiger partial charge in [0.05, 0.1) is 5.41 Å². The van der Waals surface area contributed by atoms with Crippen LogP contribution in [0.25, 0.3) is 0 Å². The fourth-order valence-corrected chi connectivity index (χ4v) is 3.47. The third kappa shape index (κ3) is 3.23. The van der Waals surface area contributed by atoms with Crippen LogP contribution in [0, 0.1) is 12.3 Å². The Kier molecular flexibility index (Phi) is 5.47. The van der Waals surface area contributed by atoms with Crippen molar-refractivity contribution in [3.63, 3.8) is 0 Å². The van der Waals surface area contributed by atoms with Crippen LogP contribution < -0.4 is 10.6 Å². The molecule has 0 spiro atoms. The molecule has 1 aromatic rings. The minimum atomic E-state index is -0.483. The Morgan fingerprint density at radius 1 is 1.17 bits per heavy atom. The van der Waals surface area contributed by atoms with Crippen molar-refractivity contribution in [3.05, 3.63) is 22.5 Å². The number of amides is 2. The maximum Gasteiger partial charge on any atom is 0.268 e. The largest absolute Gasteiger partial charge is 0.356 e. The summed E-state index contributed by atoms with van der Waals surface area (Å²) in [5.41, 5.74) is 2.02. The molecule has 0 radical (unpaired) electrons. The van der Waals surface area contributed by atoms with Gasteiger partial charge in [0, 0.05) is 24.3 Å². The van der Waals surface area contributed by atoms with Crippen LogP contribution >= 0.6 is 0 Å². The Morgan fingerprint density at radius 3 is 2.29 bits per heavy atom. The second-order valence-electron chi connectivity index (χ2n) is 6.56. The maximum absolute atomic E-state index is 12.6. The number of hydrogen-bond acceptors (Lipinski definition) is 3. The minimum Gasteiger partial charge on any atom is -0.356 e. The molecular weight excluding hydrogens is 306 g/mol. The summed E-state index contributed by atoms with van der Waals surface area (Å²) >= 11 is 0. The standard InChI is InChI=1S/C18H27N3O3/c1-5-13-14(12(4)22)11(3)21-15(13)16(23)20-10-18(8-7-9-18)17(24)19-6-2/h21H,5-10H2,1-4H3,(H,19,24)(H,20,23). The highest BCUT2D eigenvalue weighted by Crippen LogP contribution is 2.40. The first kappa shape index (κ1) is 18.2. The molecule has 1 fully saturated rings. The Hall–Kier alpha value is -2.11. The molecule has 1 aromatic heterocycles. The van der Waals surface area contributed by atoms with Gasteiger partial charge in [-0.2, -0.15) is 0 Å². The van der Waals surface area contributed by atoms with E-state index in [9.17, 15) is 14.4 Å². The van der Waals surface area contributed by atoms with E-state index in [1.165, 1.54) is 6.92 Å². The quantitative estimate of drug-likeness (QED) is 0.668. The molecule has 1 saturated carbocycles. The van der Waals surface area contributed by atoms with E-state index < -0.39 is 5.41 Å². The van der Waals surface area contributed by atoms with E-state index in [0.29, 0.717) is 36.5 Å². The smallest absolute Gasteiger partial charge is 0.268 e. The molecule has 1 aliphatic carbocycles. The normalized spacial score (nSPS) is 15.5. The first-order valence-electron chi connectivity index (χ1n) is 8.65. The van der Waals surface area contributed by atoms with Crippen molar-refractivity contribution in [2.45, 2.75) is 53.4 Å². The van der Waals surface area contributed by atoms with Gasteiger partial charge >= 0.3 is 0 Å². The number of hydrogen-bond donors (Lipinski definition) is 3. The van der Waals surface area contributed by atoms with Crippen molar-refractivity contribution < 1.29 is 14.4 Å². The van der Waals surface area contributed by atoms with Gasteiger partial charge in [-0.25, -0.2) is 0 Å². The summed E-state index contributed by atoms with van der Waals surface area (Å²) in [6, 6.07) is 0. The monoisotopic (exact) mass is 333 g/mol. The molecule has 1 aliphatic rings. The molecule has 0 atom stereocenters. The lowest BCUT2D eigenvalue weighted by Gasteiger charge is -2.40. The number of aromatic nitrogens is 1. The van der Waals surface area contributed by atoms with Crippen molar-refractivity contribution in [1.29, 1.82) is 0 Å². The van der Waals surface area contributed by atoms with E-state index in [4.69, 9.17) is 0 Å². The predicted octanol–water partition coefficient (Wildman–Crippen LogP) is 2.12. The van der Waals surface area contributed by atoms with E-state index in [0.717, 1.165) is 24.8 Å². The zero-order valence-electron chi connectivity index (χ0n) is 15.0. The lowest BCUT2D eigenvalue weighted by atomic mass is 9.68. The van der Waals surface area contributed by atoms with E-state index >= 15 is 0 Å². The molecule has 1 heterocycles. The fraction of sp³-hybridized carbons (Fsp3) is 0.611. The van der Waals surface area contributed by atoms with Crippen molar-refractivity contribution >= 4 is 17.6 Å². The van der Waals surface area contributed by atoms with Gasteiger partial charge in [-0.1, -0.05) is 13.3 Å². The van der Waals surface area contributed by atoms with E-state index in [2.05, 4.69) is 15.6 Å². The Labute approximate surface area is 142 Å². The van der Waals surface area contributed by atoms with Gasteiger partial charge in [-0.15, -0.1) is 0 Å². The molecule has 6 nitrogen and oxygen atoms in total. The molecule has 0 aromatic carbocycles. The zero-order valence-corrected chi connectivity index (χ0v) is 15.0. The molecule has 0 bridgehead atoms. The van der Waals surface area contributed by atoms with Gasteiger partial charge < -0.3 is 15.6 Å². The zero-order chi connectivity index (χ0) is 17.9. The van der Waals surface area contributed by atoms with Gasteiger partial charge in [-0.05, 0) is 45.6 Å². The number of aryl methyl sites for hydroxylation is 1. The second-order valence-corrected chi connectivity index (χ2v) is 6.56. The maximum atomic E-state index is 12.6. The molecule has 2 amide bonds. The average molecular weight is 333 g/mol. The molecule has 3 N–H and O–H groups in total. The number of carbonyl (C=O) groups excluding carboxylic acids is 3. The molecule has 132 valence electrons. The van der Waals surface area contributed by atoms with Crippen LogP contribution in [-0.2, 0) is 11.2 Å². The van der Waals surface area contributed by atoms with Gasteiger partial charge in [0.2, 0.25) is 5.91 Å². The summed E-state index contributed by atoms with van der Waals surface area (Å²) in [5.74, 6) is -0.283. The lowest BCUT2D eigenvalue weighted by Crippen LogP contribution is -2.52. The summed E-state index contributed by atoms with van der Waals surface area (Å²) in [6.07, 6.45) is 3.19. The molecule has 0 unspecified atom stereocenters. The van der Waals surface area contributed by atoms with Crippen molar-refractivity contribution in [3.8, 4) is 0 Å². The lowest BCUT2D eigenvalue weighted by molar-refractivity contribution is -0.135. The van der Waals surface area contributed by atoms with Crippen LogP contribution in [0.1, 0.15) is 72.1 Å². The van der Waals surface area contributed by atoms with E-state index in [-0.39, 0.29) is 17.6 Å². The highest BCUT2D eigenvalue weighted by atomic mass is 16.2. The highest BCUT2D eigenvalue weighted by Gasteiger charge is 2.44. The number of aromatic amines is 1. The minimum absolute atomic E-state index is 0.0133. The molecule has 24 heavy (non-hydrogen) atoms. The average Bonchev–Trinajstić information content (AvgIpc) is 2.83. The van der Waals surface area contributed by atoms with Gasteiger partial charge in [0.25, 0.3) is 5.91 Å². The number of nitrogens with one attached hydrogen (secondary N) is 3. The summed E-state index contributed by atoms with van der Waals surface area (Å²) in [4.78, 5) is 39.7. The fourth-order valence-electron chi connectivity index (χ4n) is 3.47. The van der Waals surface area contributed by atoms with Crippen LogP contribution in [-0.4, -0.2) is 35.7 Å². The summed E-state index contributed by atoms with van der Waals surface area (Å²) < 4.78 is 0. The van der Waals surface area contributed by atoms with Crippen LogP contribution in [0.5, 0.6) is 0 Å². The molecule has 0 aliphatic heterocycles. The molecule has 6 heteroatoms. The van der Waals surface area contributed by atoms with Gasteiger partial charge in [0.15, 0.2) is 5.78 Å². The molecular formula is C18H27N3O3. The SMILES string of the molecule is CCNC(=O)C1(CNC(=O)c2[nH]c(C)c(C(C)=O)c2CC)CCC1. The Balaban J connectivity index is 2.14. The molecule has 2 rings (SSSR count). The number of carbonyl (C=O) groups is 3. The first-order chi connectivity index (χ1) is 11.4. The summed E-state index contributed by atoms with van der Waals surface area (Å²) in [7, 11) is 0. The van der Waals surface area contributed by atoms with Crippen LogP contribution in [0.4, 0.5) is 0 Å². The van der Waals surface area contributed by atoms with E-state index in [1.807, 2.05) is 13.8 Å². The van der Waals surface area contributed by atoms with Crippen molar-refractivity contribution in [1.82, 2.24) is 15.6 Å². The Morgan fingerprint density at radius 2 is 1.83 bits per heavy atom. The van der Waals surface area contributed by atoms with Crippen molar-refractivity contribution in [2.24, 2.45) is 5.41 Å². The highest BCUT2D eigenvalue weighted by molar-refractivity contribution is 6.02. The number of ketones is 1. The topological polar surface area (TPSA) is 91.1 Å². The van der Waals surface area contributed by atoms with Crippen LogP contribution in [0.2, 0.25) is 0 Å². The van der Waals surface area contributed by atoms with Gasteiger partial charge in [0.1, 0.15) is 5.69 Å². The third-order valence-corrected chi connectivity index (χ3v) is 4.94.